The van der Waals surface area contributed by atoms with E-state index in [2.05, 4.69) is 138 Å². The molecule has 5 heterocycles. The van der Waals surface area contributed by atoms with Crippen LogP contribution in [-0.4, -0.2) is 18.8 Å². The molecule has 8 rings (SSSR count). The molecular weight excluding hydrogens is 583 g/mol. The fraction of sp³-hybridized carbons (Fsp3) is 0. The maximum atomic E-state index is 4.86. The monoisotopic (exact) mass is 611 g/mol. The lowest BCUT2D eigenvalue weighted by molar-refractivity contribution is 1.19. The molecule has 0 saturated heterocycles. The summed E-state index contributed by atoms with van der Waals surface area (Å²) in [6.45, 7) is 4.20. The van der Waals surface area contributed by atoms with Crippen LogP contribution >= 0.6 is 11.3 Å². The van der Waals surface area contributed by atoms with E-state index in [0.717, 1.165) is 61.1 Å². The molecule has 0 spiro atoms. The molecule has 0 unspecified atom stereocenters. The number of rotatable bonds is 8. The van der Waals surface area contributed by atoms with Crippen molar-refractivity contribution in [2.75, 3.05) is 4.90 Å². The summed E-state index contributed by atoms with van der Waals surface area (Å²) in [4.78, 5) is 11.9. The summed E-state index contributed by atoms with van der Waals surface area (Å²) in [6.07, 6.45) is 16.5. The lowest BCUT2D eigenvalue weighted by Crippen LogP contribution is -2.14. The molecule has 0 aliphatic carbocycles. The van der Waals surface area contributed by atoms with E-state index >= 15 is 0 Å². The molecule has 220 valence electrons. The maximum absolute atomic E-state index is 4.86. The highest BCUT2D eigenvalue weighted by atomic mass is 32.1. The van der Waals surface area contributed by atoms with Crippen LogP contribution in [0.25, 0.3) is 49.3 Å². The first kappa shape index (κ1) is 27.6. The third-order valence-electron chi connectivity index (χ3n) is 8.00. The summed E-state index contributed by atoms with van der Waals surface area (Å²) >= 11 is 1.71. The van der Waals surface area contributed by atoms with Gasteiger partial charge in [0.05, 0.1) is 15.9 Å². The Hall–Kier alpha value is -5.98. The molecule has 3 aromatic carbocycles. The van der Waals surface area contributed by atoms with Gasteiger partial charge in [-0.25, -0.2) is 9.97 Å². The van der Waals surface area contributed by atoms with Crippen LogP contribution < -0.4 is 4.90 Å². The topological polar surface area (TPSA) is 37.8 Å². The molecule has 0 bridgehead atoms. The third-order valence-corrected chi connectivity index (χ3v) is 9.09. The van der Waals surface area contributed by atoms with E-state index in [1.807, 2.05) is 47.0 Å². The number of hydrogen-bond acceptors (Lipinski definition) is 4. The summed E-state index contributed by atoms with van der Waals surface area (Å²) in [6, 6.07) is 39.8. The summed E-state index contributed by atoms with van der Waals surface area (Å²) in [5.41, 5.74) is 10.3. The van der Waals surface area contributed by atoms with Crippen molar-refractivity contribution in [2.24, 2.45) is 0 Å². The van der Waals surface area contributed by atoms with Crippen LogP contribution in [-0.2, 0) is 0 Å². The second kappa shape index (κ2) is 11.8. The fourth-order valence-electron chi connectivity index (χ4n) is 5.71. The van der Waals surface area contributed by atoms with Crippen molar-refractivity contribution in [2.45, 2.75) is 0 Å². The minimum Gasteiger partial charge on any atom is -0.323 e. The van der Waals surface area contributed by atoms with Gasteiger partial charge < -0.3 is 13.7 Å². The van der Waals surface area contributed by atoms with Crippen molar-refractivity contribution in [3.63, 3.8) is 0 Å². The molecule has 0 saturated carbocycles. The Kier molecular flexibility index (Phi) is 7.09. The van der Waals surface area contributed by atoms with Crippen LogP contribution in [0.4, 0.5) is 11.4 Å². The van der Waals surface area contributed by atoms with E-state index in [1.54, 1.807) is 11.3 Å². The Morgan fingerprint density at radius 1 is 0.717 bits per heavy atom. The highest BCUT2D eigenvalue weighted by Gasteiger charge is 2.15. The van der Waals surface area contributed by atoms with Gasteiger partial charge in [0.15, 0.2) is 0 Å². The fourth-order valence-corrected chi connectivity index (χ4v) is 6.68. The van der Waals surface area contributed by atoms with Gasteiger partial charge in [0.2, 0.25) is 0 Å². The number of aromatic nitrogens is 4. The second-order valence-electron chi connectivity index (χ2n) is 11.0. The predicted molar refractivity (Wildman–Crippen MR) is 193 cm³/mol. The van der Waals surface area contributed by atoms with Crippen molar-refractivity contribution in [1.29, 1.82) is 0 Å². The number of hydrogen-bond donors (Lipinski definition) is 0. The first-order valence-corrected chi connectivity index (χ1v) is 15.9. The van der Waals surface area contributed by atoms with Crippen LogP contribution in [0.5, 0.6) is 0 Å². The largest absolute Gasteiger partial charge is 0.323 e. The van der Waals surface area contributed by atoms with Gasteiger partial charge in [-0.1, -0.05) is 55.1 Å². The zero-order chi connectivity index (χ0) is 30.9. The van der Waals surface area contributed by atoms with E-state index in [-0.39, 0.29) is 0 Å². The zero-order valence-electron chi connectivity index (χ0n) is 24.9. The molecular formula is C40H29N5S. The number of thiazole rings is 1. The van der Waals surface area contributed by atoms with E-state index in [9.17, 15) is 0 Å². The van der Waals surface area contributed by atoms with Crippen molar-refractivity contribution >= 4 is 50.2 Å². The van der Waals surface area contributed by atoms with Crippen molar-refractivity contribution in [3.8, 4) is 21.8 Å². The summed E-state index contributed by atoms with van der Waals surface area (Å²) in [5, 5.41) is 1.01. The van der Waals surface area contributed by atoms with E-state index in [1.165, 1.54) is 4.70 Å². The Labute approximate surface area is 271 Å². The Balaban J connectivity index is 1.15. The number of nitrogens with zero attached hydrogens (tertiary/aromatic N) is 5. The highest BCUT2D eigenvalue weighted by Crippen LogP contribution is 2.35. The molecule has 0 radical (unpaired) electrons. The molecule has 0 aliphatic heterocycles. The Morgan fingerprint density at radius 2 is 1.43 bits per heavy atom. The predicted octanol–water partition coefficient (Wildman–Crippen LogP) is 10.5. The number of allylic oxidation sites excluding steroid dienone is 3. The number of anilines is 2. The molecule has 5 aromatic heterocycles. The van der Waals surface area contributed by atoms with Gasteiger partial charge in [0.25, 0.3) is 0 Å². The quantitative estimate of drug-likeness (QED) is 0.160. The normalized spacial score (nSPS) is 12.0. The molecule has 0 amide bonds. The van der Waals surface area contributed by atoms with Gasteiger partial charge in [-0.3, -0.25) is 0 Å². The Morgan fingerprint density at radius 3 is 2.17 bits per heavy atom. The molecule has 0 N–H and O–H groups in total. The highest BCUT2D eigenvalue weighted by molar-refractivity contribution is 7.21. The third kappa shape index (κ3) is 5.31. The first-order valence-electron chi connectivity index (χ1n) is 15.1. The average Bonchev–Trinajstić information content (AvgIpc) is 3.85. The van der Waals surface area contributed by atoms with Gasteiger partial charge in [-0.15, -0.1) is 11.3 Å². The standard InChI is InChI=1S/C40H29N5S/c1-2-32(12-9-10-29-26-35-11-5-7-24-43(35)27-29)45(33-20-16-30(17-21-33)37-28-44-25-8-6-15-39(44)41-37)34-22-18-31(19-23-34)40-42-36-13-3-4-14-38(36)46-40/h2-28H,1H2/b10-9+,32-12+. The van der Waals surface area contributed by atoms with Crippen molar-refractivity contribution in [1.82, 2.24) is 18.8 Å². The number of pyridine rings is 2. The van der Waals surface area contributed by atoms with Gasteiger partial charge in [-0.2, -0.15) is 0 Å². The lowest BCUT2D eigenvalue weighted by Gasteiger charge is -2.26. The number of fused-ring (bicyclic) bond motifs is 3. The summed E-state index contributed by atoms with van der Waals surface area (Å²) in [5.74, 6) is 0. The van der Waals surface area contributed by atoms with Crippen molar-refractivity contribution < 1.29 is 0 Å². The Bertz CT molecular complexity index is 2170. The molecule has 0 atom stereocenters. The molecule has 6 heteroatoms. The smallest absolute Gasteiger partial charge is 0.137 e. The molecule has 0 aliphatic rings. The van der Waals surface area contributed by atoms with Crippen LogP contribution in [0.3, 0.4) is 0 Å². The summed E-state index contributed by atoms with van der Waals surface area (Å²) in [7, 11) is 0. The van der Waals surface area contributed by atoms with E-state index < -0.39 is 0 Å². The van der Waals surface area contributed by atoms with Gasteiger partial charge in [-0.05, 0) is 96.6 Å². The van der Waals surface area contributed by atoms with E-state index in [4.69, 9.17) is 9.97 Å². The molecule has 5 nitrogen and oxygen atoms in total. The average molecular weight is 612 g/mol. The van der Waals surface area contributed by atoms with Crippen LogP contribution in [0.2, 0.25) is 0 Å². The summed E-state index contributed by atoms with van der Waals surface area (Å²) < 4.78 is 5.36. The number of imidazole rings is 1. The minimum atomic E-state index is 0.927. The van der Waals surface area contributed by atoms with Crippen LogP contribution in [0, 0.1) is 0 Å². The number of benzene rings is 3. The second-order valence-corrected chi connectivity index (χ2v) is 12.0. The lowest BCUT2D eigenvalue weighted by atomic mass is 10.1. The maximum Gasteiger partial charge on any atom is 0.137 e. The molecule has 0 fully saturated rings. The minimum absolute atomic E-state index is 0.927. The van der Waals surface area contributed by atoms with E-state index in [0.29, 0.717) is 0 Å². The first-order chi connectivity index (χ1) is 22.7. The zero-order valence-corrected chi connectivity index (χ0v) is 25.8. The van der Waals surface area contributed by atoms with Gasteiger partial charge >= 0.3 is 0 Å². The van der Waals surface area contributed by atoms with Gasteiger partial charge in [0.1, 0.15) is 10.7 Å². The van der Waals surface area contributed by atoms with Gasteiger partial charge in [0, 0.05) is 58.5 Å². The molecule has 8 aromatic rings. The van der Waals surface area contributed by atoms with Crippen LogP contribution in [0.1, 0.15) is 5.56 Å². The number of para-hydroxylation sites is 1. The van der Waals surface area contributed by atoms with Crippen LogP contribution in [0.15, 0.2) is 171 Å². The van der Waals surface area contributed by atoms with Crippen molar-refractivity contribution in [3.05, 3.63) is 176 Å². The molecule has 46 heavy (non-hydrogen) atoms. The SMILES string of the molecule is C=C/C(=C\C=C\c1cc2ccccn2c1)N(c1ccc(-c2cn3ccccc3n2)cc1)c1ccc(-c2nc3ccccc3s2)cc1.